The van der Waals surface area contributed by atoms with Crippen LogP contribution < -0.4 is 0 Å². The third-order valence-electron chi connectivity index (χ3n) is 2.19. The van der Waals surface area contributed by atoms with Crippen molar-refractivity contribution >= 4 is 11.3 Å². The second-order valence-corrected chi connectivity index (χ2v) is 3.79. The summed E-state index contributed by atoms with van der Waals surface area (Å²) in [6.45, 7) is 0. The highest BCUT2D eigenvalue weighted by atomic mass is 32.1. The average molecular weight is 174 g/mol. The van der Waals surface area contributed by atoms with Crippen molar-refractivity contribution in [2.75, 3.05) is 0 Å². The Morgan fingerprint density at radius 1 is 1.64 bits per heavy atom. The molecule has 11 heavy (non-hydrogen) atoms. The Kier molecular flexibility index (Phi) is 1.49. The van der Waals surface area contributed by atoms with Gasteiger partial charge in [0.2, 0.25) is 0 Å². The Bertz CT molecular complexity index is 245. The minimum atomic E-state index is -1.64. The highest BCUT2D eigenvalue weighted by Gasteiger charge is 2.50. The summed E-state index contributed by atoms with van der Waals surface area (Å²) in [5.41, 5.74) is -1.64. The predicted octanol–water partition coefficient (Wildman–Crippen LogP) is 3.04. The smallest absolute Gasteiger partial charge is 0.176 e. The quantitative estimate of drug-likeness (QED) is 0.613. The number of halogens is 2. The van der Waals surface area contributed by atoms with Gasteiger partial charge in [-0.2, -0.15) is 0 Å². The van der Waals surface area contributed by atoms with Crippen LogP contribution in [-0.4, -0.2) is 6.17 Å². The van der Waals surface area contributed by atoms with Crippen molar-refractivity contribution in [3.05, 3.63) is 22.4 Å². The summed E-state index contributed by atoms with van der Waals surface area (Å²) >= 11 is 1.29. The predicted molar refractivity (Wildman–Crippen MR) is 41.2 cm³/mol. The lowest BCUT2D eigenvalue weighted by molar-refractivity contribution is -0.0399. The minimum absolute atomic E-state index is 0.342. The van der Waals surface area contributed by atoms with Crippen LogP contribution in [0.15, 0.2) is 17.5 Å². The average Bonchev–Trinajstić information content (AvgIpc) is 2.52. The maximum atomic E-state index is 13.5. The molecule has 0 unspecified atom stereocenters. The Morgan fingerprint density at radius 2 is 2.45 bits per heavy atom. The van der Waals surface area contributed by atoms with Gasteiger partial charge in [-0.3, -0.25) is 0 Å². The van der Waals surface area contributed by atoms with Crippen molar-refractivity contribution in [1.82, 2.24) is 0 Å². The maximum absolute atomic E-state index is 13.5. The summed E-state index contributed by atoms with van der Waals surface area (Å²) in [5.74, 6) is 0. The molecule has 1 aliphatic carbocycles. The Morgan fingerprint density at radius 3 is 2.82 bits per heavy atom. The van der Waals surface area contributed by atoms with E-state index < -0.39 is 11.8 Å². The van der Waals surface area contributed by atoms with E-state index in [0.29, 0.717) is 17.7 Å². The normalized spacial score (nSPS) is 36.7. The van der Waals surface area contributed by atoms with Crippen LogP contribution in [-0.2, 0) is 5.67 Å². The molecule has 0 N–H and O–H groups in total. The molecule has 0 nitrogen and oxygen atoms in total. The van der Waals surface area contributed by atoms with Gasteiger partial charge in [0.1, 0.15) is 6.17 Å². The van der Waals surface area contributed by atoms with Gasteiger partial charge in [0.05, 0.1) is 0 Å². The van der Waals surface area contributed by atoms with E-state index in [-0.39, 0.29) is 0 Å². The monoisotopic (exact) mass is 174 g/mol. The standard InChI is InChI=1S/C8H8F2S/c9-6-3-4-8(6,10)7-2-1-5-11-7/h1-2,5-6H,3-4H2/t6-,8+/m1/s1. The second-order valence-electron chi connectivity index (χ2n) is 2.85. The van der Waals surface area contributed by atoms with E-state index in [9.17, 15) is 8.78 Å². The number of hydrogen-bond donors (Lipinski definition) is 0. The fourth-order valence-electron chi connectivity index (χ4n) is 1.30. The van der Waals surface area contributed by atoms with Crippen LogP contribution in [0, 0.1) is 0 Å². The number of rotatable bonds is 1. The zero-order chi connectivity index (χ0) is 7.90. The van der Waals surface area contributed by atoms with Gasteiger partial charge in [-0.1, -0.05) is 6.07 Å². The first-order chi connectivity index (χ1) is 5.23. The van der Waals surface area contributed by atoms with Crippen LogP contribution >= 0.6 is 11.3 Å². The largest absolute Gasteiger partial charge is 0.244 e. The molecular formula is C8H8F2S. The summed E-state index contributed by atoms with van der Waals surface area (Å²) in [6.07, 6.45) is -0.565. The summed E-state index contributed by atoms with van der Waals surface area (Å²) in [6, 6.07) is 3.42. The molecule has 0 amide bonds. The van der Waals surface area contributed by atoms with E-state index in [2.05, 4.69) is 0 Å². The molecule has 2 atom stereocenters. The van der Waals surface area contributed by atoms with Gasteiger partial charge in [-0.05, 0) is 24.3 Å². The van der Waals surface area contributed by atoms with Gasteiger partial charge in [0, 0.05) is 4.88 Å². The third kappa shape index (κ3) is 0.906. The SMILES string of the molecule is F[C@@H]1CC[C@@]1(F)c1cccs1. The lowest BCUT2D eigenvalue weighted by atomic mass is 9.79. The Hall–Kier alpha value is -0.440. The summed E-state index contributed by atoms with van der Waals surface area (Å²) in [5, 5.41) is 1.78. The first-order valence-corrected chi connectivity index (χ1v) is 4.48. The molecule has 3 heteroatoms. The minimum Gasteiger partial charge on any atom is -0.244 e. The van der Waals surface area contributed by atoms with Crippen molar-refractivity contribution in [2.45, 2.75) is 24.7 Å². The molecule has 60 valence electrons. The molecule has 1 aromatic heterocycles. The van der Waals surface area contributed by atoms with E-state index in [4.69, 9.17) is 0 Å². The molecule has 0 bridgehead atoms. The lowest BCUT2D eigenvalue weighted by Gasteiger charge is -2.36. The first-order valence-electron chi connectivity index (χ1n) is 3.60. The Labute approximate surface area is 67.9 Å². The second kappa shape index (κ2) is 2.27. The van der Waals surface area contributed by atoms with Gasteiger partial charge in [-0.15, -0.1) is 11.3 Å². The number of thiophene rings is 1. The molecule has 1 aromatic rings. The topological polar surface area (TPSA) is 0 Å². The van der Waals surface area contributed by atoms with Gasteiger partial charge in [0.25, 0.3) is 0 Å². The zero-order valence-electron chi connectivity index (χ0n) is 5.89. The molecule has 0 saturated heterocycles. The van der Waals surface area contributed by atoms with Crippen LogP contribution in [0.2, 0.25) is 0 Å². The third-order valence-corrected chi connectivity index (χ3v) is 3.21. The molecule has 0 aromatic carbocycles. The highest BCUT2D eigenvalue weighted by Crippen LogP contribution is 2.48. The van der Waals surface area contributed by atoms with Crippen LogP contribution in [0.5, 0.6) is 0 Å². The summed E-state index contributed by atoms with van der Waals surface area (Å²) in [7, 11) is 0. The highest BCUT2D eigenvalue weighted by molar-refractivity contribution is 7.10. The van der Waals surface area contributed by atoms with Crippen LogP contribution in [0.25, 0.3) is 0 Å². The van der Waals surface area contributed by atoms with Crippen LogP contribution in [0.3, 0.4) is 0 Å². The van der Waals surface area contributed by atoms with E-state index in [1.807, 2.05) is 0 Å². The number of hydrogen-bond acceptors (Lipinski definition) is 1. The molecule has 1 heterocycles. The van der Waals surface area contributed by atoms with Crippen molar-refractivity contribution in [1.29, 1.82) is 0 Å². The molecular weight excluding hydrogens is 166 g/mol. The van der Waals surface area contributed by atoms with Crippen molar-refractivity contribution in [3.63, 3.8) is 0 Å². The molecule has 1 aliphatic rings. The molecule has 0 spiro atoms. The zero-order valence-corrected chi connectivity index (χ0v) is 6.70. The summed E-state index contributed by atoms with van der Waals surface area (Å²) in [4.78, 5) is 0.538. The fourth-order valence-corrected chi connectivity index (χ4v) is 2.19. The van der Waals surface area contributed by atoms with Crippen LogP contribution in [0.4, 0.5) is 8.78 Å². The van der Waals surface area contributed by atoms with E-state index in [1.165, 1.54) is 11.3 Å². The molecule has 1 fully saturated rings. The van der Waals surface area contributed by atoms with Gasteiger partial charge >= 0.3 is 0 Å². The van der Waals surface area contributed by atoms with Crippen molar-refractivity contribution < 1.29 is 8.78 Å². The molecule has 0 radical (unpaired) electrons. The van der Waals surface area contributed by atoms with Crippen molar-refractivity contribution in [3.8, 4) is 0 Å². The first kappa shape index (κ1) is 7.22. The maximum Gasteiger partial charge on any atom is 0.176 e. The van der Waals surface area contributed by atoms with Gasteiger partial charge < -0.3 is 0 Å². The van der Waals surface area contributed by atoms with Crippen LogP contribution in [0.1, 0.15) is 17.7 Å². The molecule has 1 saturated carbocycles. The molecule has 2 rings (SSSR count). The van der Waals surface area contributed by atoms with E-state index in [0.717, 1.165) is 0 Å². The number of alkyl halides is 2. The van der Waals surface area contributed by atoms with Gasteiger partial charge in [-0.25, -0.2) is 8.78 Å². The van der Waals surface area contributed by atoms with Crippen molar-refractivity contribution in [2.24, 2.45) is 0 Å². The van der Waals surface area contributed by atoms with E-state index in [1.54, 1.807) is 17.5 Å². The fraction of sp³-hybridized carbons (Fsp3) is 0.500. The lowest BCUT2D eigenvalue weighted by Crippen LogP contribution is -2.41. The molecule has 0 aliphatic heterocycles. The summed E-state index contributed by atoms with van der Waals surface area (Å²) < 4.78 is 26.3. The Balaban J connectivity index is 2.28. The van der Waals surface area contributed by atoms with Gasteiger partial charge in [0.15, 0.2) is 5.67 Å². The van der Waals surface area contributed by atoms with E-state index >= 15 is 0 Å².